The minimum Gasteiger partial charge on any atom is -0.335 e. The molecule has 144 valence electrons. The number of rotatable bonds is 8. The monoisotopic (exact) mass is 405 g/mol. The van der Waals surface area contributed by atoms with Crippen LogP contribution in [0.5, 0.6) is 0 Å². The first kappa shape index (κ1) is 19.9. The van der Waals surface area contributed by atoms with Gasteiger partial charge in [-0.25, -0.2) is 8.42 Å². The van der Waals surface area contributed by atoms with Crippen LogP contribution in [0, 0.1) is 5.92 Å². The summed E-state index contributed by atoms with van der Waals surface area (Å²) in [6.07, 6.45) is 2.18. The van der Waals surface area contributed by atoms with Gasteiger partial charge in [-0.1, -0.05) is 54.1 Å². The summed E-state index contributed by atoms with van der Waals surface area (Å²) in [6.45, 7) is 2.45. The van der Waals surface area contributed by atoms with Gasteiger partial charge >= 0.3 is 0 Å². The molecule has 0 aliphatic heterocycles. The Bertz CT molecular complexity index is 895. The van der Waals surface area contributed by atoms with Gasteiger partial charge < -0.3 is 4.90 Å². The van der Waals surface area contributed by atoms with Gasteiger partial charge in [0.2, 0.25) is 5.91 Å². The molecule has 1 aliphatic rings. The Kier molecular flexibility index (Phi) is 6.22. The molecule has 1 fully saturated rings. The first-order chi connectivity index (χ1) is 12.8. The van der Waals surface area contributed by atoms with E-state index < -0.39 is 15.6 Å². The van der Waals surface area contributed by atoms with Gasteiger partial charge in [0.15, 0.2) is 9.84 Å². The number of halogens is 1. The SMILES string of the molecule is CC(C1CC1)N(Cc1ccccc1)C(=O)CS(=O)(=O)Cc1cccc(Cl)c1. The molecule has 1 aliphatic carbocycles. The zero-order valence-corrected chi connectivity index (χ0v) is 16.9. The van der Waals surface area contributed by atoms with E-state index in [0.717, 1.165) is 18.4 Å². The zero-order chi connectivity index (χ0) is 19.4. The molecule has 4 nitrogen and oxygen atoms in total. The normalized spacial score (nSPS) is 15.3. The first-order valence-corrected chi connectivity index (χ1v) is 11.3. The van der Waals surface area contributed by atoms with Crippen LogP contribution in [0.15, 0.2) is 54.6 Å². The van der Waals surface area contributed by atoms with Crippen molar-refractivity contribution in [3.05, 3.63) is 70.7 Å². The van der Waals surface area contributed by atoms with E-state index in [0.29, 0.717) is 23.0 Å². The fraction of sp³-hybridized carbons (Fsp3) is 0.381. The van der Waals surface area contributed by atoms with Crippen molar-refractivity contribution in [3.8, 4) is 0 Å². The Morgan fingerprint density at radius 3 is 2.41 bits per heavy atom. The number of benzene rings is 2. The number of nitrogens with zero attached hydrogens (tertiary/aromatic N) is 1. The topological polar surface area (TPSA) is 54.5 Å². The largest absolute Gasteiger partial charge is 0.335 e. The van der Waals surface area contributed by atoms with E-state index in [1.54, 1.807) is 29.2 Å². The molecule has 1 unspecified atom stereocenters. The molecule has 2 aromatic carbocycles. The number of sulfone groups is 1. The summed E-state index contributed by atoms with van der Waals surface area (Å²) < 4.78 is 25.2. The maximum Gasteiger partial charge on any atom is 0.238 e. The average molecular weight is 406 g/mol. The predicted molar refractivity (Wildman–Crippen MR) is 108 cm³/mol. The maximum atomic E-state index is 12.9. The Morgan fingerprint density at radius 1 is 1.11 bits per heavy atom. The smallest absolute Gasteiger partial charge is 0.238 e. The average Bonchev–Trinajstić information content (AvgIpc) is 3.44. The second-order valence-electron chi connectivity index (χ2n) is 7.25. The third-order valence-corrected chi connectivity index (χ3v) is 6.63. The van der Waals surface area contributed by atoms with Crippen molar-refractivity contribution >= 4 is 27.3 Å². The van der Waals surface area contributed by atoms with Gasteiger partial charge in [0.1, 0.15) is 5.75 Å². The lowest BCUT2D eigenvalue weighted by atomic mass is 10.1. The lowest BCUT2D eigenvalue weighted by Gasteiger charge is -2.29. The van der Waals surface area contributed by atoms with Crippen LogP contribution in [-0.2, 0) is 26.9 Å². The second-order valence-corrected chi connectivity index (χ2v) is 9.75. The van der Waals surface area contributed by atoms with Crippen LogP contribution in [0.1, 0.15) is 30.9 Å². The number of carbonyl (C=O) groups is 1. The quantitative estimate of drug-likeness (QED) is 0.664. The van der Waals surface area contributed by atoms with Crippen molar-refractivity contribution < 1.29 is 13.2 Å². The molecule has 0 N–H and O–H groups in total. The highest BCUT2D eigenvalue weighted by Crippen LogP contribution is 2.35. The molecule has 3 rings (SSSR count). The highest BCUT2D eigenvalue weighted by molar-refractivity contribution is 7.91. The molecule has 0 bridgehead atoms. The Morgan fingerprint density at radius 2 is 1.78 bits per heavy atom. The van der Waals surface area contributed by atoms with Crippen molar-refractivity contribution in [2.24, 2.45) is 5.92 Å². The summed E-state index contributed by atoms with van der Waals surface area (Å²) >= 11 is 5.93. The lowest BCUT2D eigenvalue weighted by molar-refractivity contribution is -0.131. The molecule has 0 aromatic heterocycles. The van der Waals surface area contributed by atoms with Crippen LogP contribution in [-0.4, -0.2) is 31.0 Å². The zero-order valence-electron chi connectivity index (χ0n) is 15.3. The standard InChI is InChI=1S/C21H24ClNO3S/c1-16(19-10-11-19)23(13-17-6-3-2-4-7-17)21(24)15-27(25,26)14-18-8-5-9-20(22)12-18/h2-9,12,16,19H,10-11,13-15H2,1H3. The summed E-state index contributed by atoms with van der Waals surface area (Å²) in [4.78, 5) is 14.6. The highest BCUT2D eigenvalue weighted by atomic mass is 35.5. The number of carbonyl (C=O) groups excluding carboxylic acids is 1. The van der Waals surface area contributed by atoms with Crippen molar-refractivity contribution in [2.45, 2.75) is 38.1 Å². The summed E-state index contributed by atoms with van der Waals surface area (Å²) in [7, 11) is -3.58. The molecule has 0 radical (unpaired) electrons. The van der Waals surface area contributed by atoms with Crippen molar-refractivity contribution in [3.63, 3.8) is 0 Å². The fourth-order valence-electron chi connectivity index (χ4n) is 3.28. The minimum atomic E-state index is -3.58. The van der Waals surface area contributed by atoms with E-state index in [1.165, 1.54) is 0 Å². The van der Waals surface area contributed by atoms with E-state index >= 15 is 0 Å². The van der Waals surface area contributed by atoms with E-state index in [-0.39, 0.29) is 17.7 Å². The molecular formula is C21H24ClNO3S. The van der Waals surface area contributed by atoms with Crippen molar-refractivity contribution in [1.82, 2.24) is 4.90 Å². The minimum absolute atomic E-state index is 0.0408. The second kappa shape index (κ2) is 8.44. The van der Waals surface area contributed by atoms with Crippen LogP contribution < -0.4 is 0 Å². The summed E-state index contributed by atoms with van der Waals surface area (Å²) in [5, 5.41) is 0.488. The Hall–Kier alpha value is -1.85. The van der Waals surface area contributed by atoms with E-state index in [9.17, 15) is 13.2 Å². The van der Waals surface area contributed by atoms with Gasteiger partial charge in [-0.05, 0) is 48.9 Å². The third-order valence-electron chi connectivity index (χ3n) is 4.93. The highest BCUT2D eigenvalue weighted by Gasteiger charge is 2.35. The maximum absolute atomic E-state index is 12.9. The first-order valence-electron chi connectivity index (χ1n) is 9.12. The molecule has 6 heteroatoms. The van der Waals surface area contributed by atoms with Gasteiger partial charge in [-0.15, -0.1) is 0 Å². The molecule has 0 saturated heterocycles. The van der Waals surface area contributed by atoms with Crippen LogP contribution in [0.2, 0.25) is 5.02 Å². The van der Waals surface area contributed by atoms with E-state index in [4.69, 9.17) is 11.6 Å². The van der Waals surface area contributed by atoms with Gasteiger partial charge in [-0.2, -0.15) is 0 Å². The molecule has 1 amide bonds. The lowest BCUT2D eigenvalue weighted by Crippen LogP contribution is -2.42. The molecule has 2 aromatic rings. The van der Waals surface area contributed by atoms with Crippen molar-refractivity contribution in [1.29, 1.82) is 0 Å². The van der Waals surface area contributed by atoms with Gasteiger partial charge in [0, 0.05) is 17.6 Å². The van der Waals surface area contributed by atoms with Gasteiger partial charge in [0.05, 0.1) is 5.75 Å². The number of hydrogen-bond donors (Lipinski definition) is 0. The predicted octanol–water partition coefficient (Wildman–Crippen LogP) is 4.08. The summed E-state index contributed by atoms with van der Waals surface area (Å²) in [5.74, 6) is -0.534. The molecule has 1 atom stereocenters. The molecule has 1 saturated carbocycles. The van der Waals surface area contributed by atoms with Gasteiger partial charge in [-0.3, -0.25) is 4.79 Å². The Balaban J connectivity index is 1.72. The number of hydrogen-bond acceptors (Lipinski definition) is 3. The molecule has 0 heterocycles. The van der Waals surface area contributed by atoms with Gasteiger partial charge in [0.25, 0.3) is 0 Å². The molecular weight excluding hydrogens is 382 g/mol. The number of amides is 1. The Labute approximate surface area is 166 Å². The van der Waals surface area contributed by atoms with E-state index in [1.807, 2.05) is 37.3 Å². The van der Waals surface area contributed by atoms with Crippen LogP contribution in [0.4, 0.5) is 0 Å². The van der Waals surface area contributed by atoms with Crippen LogP contribution >= 0.6 is 11.6 Å². The van der Waals surface area contributed by atoms with E-state index in [2.05, 4.69) is 0 Å². The summed E-state index contributed by atoms with van der Waals surface area (Å²) in [6, 6.07) is 16.5. The molecule has 0 spiro atoms. The third kappa shape index (κ3) is 5.81. The van der Waals surface area contributed by atoms with Crippen molar-refractivity contribution in [2.75, 3.05) is 5.75 Å². The van der Waals surface area contributed by atoms with Crippen LogP contribution in [0.25, 0.3) is 0 Å². The molecule has 27 heavy (non-hydrogen) atoms. The van der Waals surface area contributed by atoms with Crippen LogP contribution in [0.3, 0.4) is 0 Å². The summed E-state index contributed by atoms with van der Waals surface area (Å²) in [5.41, 5.74) is 1.60. The fourth-order valence-corrected chi connectivity index (χ4v) is 4.82.